The van der Waals surface area contributed by atoms with Gasteiger partial charge >= 0.3 is 5.82 Å². The Balaban J connectivity index is 1.25. The van der Waals surface area contributed by atoms with Gasteiger partial charge in [-0.15, -0.1) is 0 Å². The smallest absolute Gasteiger partial charge is 0.308 e. The van der Waals surface area contributed by atoms with Gasteiger partial charge in [-0.05, 0) is 71.3 Å². The van der Waals surface area contributed by atoms with E-state index in [1.807, 2.05) is 133 Å². The zero-order chi connectivity index (χ0) is 33.2. The number of para-hydroxylation sites is 1. The van der Waals surface area contributed by atoms with Crippen molar-refractivity contribution in [2.24, 2.45) is 11.5 Å². The van der Waals surface area contributed by atoms with Gasteiger partial charge in [0.15, 0.2) is 0 Å². The summed E-state index contributed by atoms with van der Waals surface area (Å²) in [7, 11) is 0. The summed E-state index contributed by atoms with van der Waals surface area (Å²) >= 11 is 0. The van der Waals surface area contributed by atoms with Crippen LogP contribution >= 0.6 is 0 Å². The molecule has 0 aliphatic heterocycles. The second-order valence-electron chi connectivity index (χ2n) is 11.8. The van der Waals surface area contributed by atoms with Crippen molar-refractivity contribution in [3.63, 3.8) is 0 Å². The van der Waals surface area contributed by atoms with Gasteiger partial charge in [-0.25, -0.2) is 4.98 Å². The van der Waals surface area contributed by atoms with Gasteiger partial charge in [0.05, 0.1) is 16.7 Å². The number of allylic oxidation sites excluding steroid dienone is 2. The molecular weight excluding hydrogens is 603 g/mol. The lowest BCUT2D eigenvalue weighted by Gasteiger charge is -2.08. The van der Waals surface area contributed by atoms with Gasteiger partial charge in [-0.2, -0.15) is 0 Å². The second-order valence-corrected chi connectivity index (χ2v) is 11.8. The molecule has 0 saturated heterocycles. The molecule has 5 N–H and O–H groups in total. The number of fused-ring (bicyclic) bond motifs is 3. The number of rotatable bonds is 7. The van der Waals surface area contributed by atoms with Gasteiger partial charge in [0.25, 0.3) is 11.6 Å². The molecule has 0 spiro atoms. The molecule has 2 aromatic heterocycles. The van der Waals surface area contributed by atoms with Crippen LogP contribution in [0.1, 0.15) is 11.1 Å². The summed E-state index contributed by atoms with van der Waals surface area (Å²) in [6.45, 7) is 0. The average molecular weight is 635 g/mol. The van der Waals surface area contributed by atoms with Crippen LogP contribution in [0.3, 0.4) is 0 Å². The number of H-pyrrole nitrogens is 1. The van der Waals surface area contributed by atoms with Crippen LogP contribution in [0.15, 0.2) is 168 Å². The predicted octanol–water partition coefficient (Wildman–Crippen LogP) is 9.16. The van der Waals surface area contributed by atoms with E-state index in [4.69, 9.17) is 25.9 Å². The lowest BCUT2D eigenvalue weighted by atomic mass is 9.97. The normalized spacial score (nSPS) is 12.1. The summed E-state index contributed by atoms with van der Waals surface area (Å²) in [5, 5.41) is 2.04. The minimum atomic E-state index is 0.616. The highest BCUT2D eigenvalue weighted by Gasteiger charge is 2.22. The summed E-state index contributed by atoms with van der Waals surface area (Å²) in [6.07, 6.45) is 3.68. The van der Waals surface area contributed by atoms with Gasteiger partial charge in [-0.1, -0.05) is 119 Å². The number of nitrogens with two attached hydrogens (primary N) is 2. The molecule has 0 saturated carbocycles. The Morgan fingerprint density at radius 1 is 0.510 bits per heavy atom. The lowest BCUT2D eigenvalue weighted by molar-refractivity contribution is -0.359. The van der Waals surface area contributed by atoms with Crippen LogP contribution in [-0.4, -0.2) is 9.97 Å². The van der Waals surface area contributed by atoms with Gasteiger partial charge in [0.1, 0.15) is 11.2 Å². The first-order valence-electron chi connectivity index (χ1n) is 16.1. The highest BCUT2D eigenvalue weighted by atomic mass is 16.3. The lowest BCUT2D eigenvalue weighted by Crippen LogP contribution is -2.17. The molecule has 0 bridgehead atoms. The van der Waals surface area contributed by atoms with Crippen molar-refractivity contribution in [2.75, 3.05) is 0 Å². The monoisotopic (exact) mass is 634 g/mol. The number of hydrogen-bond donors (Lipinski definition) is 2. The van der Waals surface area contributed by atoms with Gasteiger partial charge in [0.2, 0.25) is 0 Å². The van der Waals surface area contributed by atoms with Crippen LogP contribution in [-0.2, 0) is 0 Å². The minimum Gasteiger partial charge on any atom is -0.455 e. The number of aromatic amines is 1. The number of nitrogens with one attached hydrogen (secondary N) is 1. The molecule has 0 aliphatic rings. The molecule has 49 heavy (non-hydrogen) atoms. The fourth-order valence-electron chi connectivity index (χ4n) is 6.01. The Morgan fingerprint density at radius 3 is 1.73 bits per heavy atom. The summed E-state index contributed by atoms with van der Waals surface area (Å²) in [4.78, 5) is 13.5. The fourth-order valence-corrected chi connectivity index (χ4v) is 6.01. The molecule has 0 fully saturated rings. The van der Waals surface area contributed by atoms with Gasteiger partial charge < -0.3 is 15.9 Å². The molecule has 0 atom stereocenters. The molecule has 8 rings (SSSR count). The zero-order valence-electron chi connectivity index (χ0n) is 26.5. The number of nitrogens with zero attached hydrogens (tertiary/aromatic N) is 2. The fraction of sp³-hybridized carbons (Fsp3) is 0. The molecule has 0 amide bonds. The van der Waals surface area contributed by atoms with E-state index in [9.17, 15) is 0 Å². The standard InChI is InChI=1S/C43H31N5O/c44-37(29-12-4-1-5-13-29)24-25-38(45)30-22-20-28(21-23-30)35-26-33(27-36-34-18-10-11-19-39(34)49-40(35)36)43-47-41(31-14-6-2-7-15-31)46-42(48-43)32-16-8-3-9-17-32/h1-27H,44-45H2/p+1/b37-24-,38-25-. The Kier molecular flexibility index (Phi) is 7.72. The van der Waals surface area contributed by atoms with Crippen molar-refractivity contribution < 1.29 is 9.40 Å². The molecule has 6 aromatic carbocycles. The average Bonchev–Trinajstić information content (AvgIpc) is 3.56. The van der Waals surface area contributed by atoms with Crippen molar-refractivity contribution >= 4 is 33.3 Å². The topological polar surface area (TPSA) is 105 Å². The maximum atomic E-state index is 6.50. The molecule has 234 valence electrons. The highest BCUT2D eigenvalue weighted by molar-refractivity contribution is 6.11. The summed E-state index contributed by atoms with van der Waals surface area (Å²) < 4.78 is 6.50. The van der Waals surface area contributed by atoms with Crippen molar-refractivity contribution in [1.29, 1.82) is 0 Å². The van der Waals surface area contributed by atoms with Gasteiger partial charge in [0, 0.05) is 27.7 Å². The third kappa shape index (κ3) is 5.95. The van der Waals surface area contributed by atoms with Gasteiger partial charge in [-0.3, -0.25) is 0 Å². The zero-order valence-corrected chi connectivity index (χ0v) is 26.5. The van der Waals surface area contributed by atoms with Crippen LogP contribution in [0, 0.1) is 0 Å². The second kappa shape index (κ2) is 12.8. The molecule has 0 radical (unpaired) electrons. The minimum absolute atomic E-state index is 0.616. The number of hydrogen-bond acceptors (Lipinski definition) is 5. The Hall–Kier alpha value is -6.79. The third-order valence-corrected chi connectivity index (χ3v) is 8.58. The first kappa shape index (κ1) is 29.6. The van der Waals surface area contributed by atoms with E-state index in [0.29, 0.717) is 23.0 Å². The van der Waals surface area contributed by atoms with Crippen LogP contribution in [0.5, 0.6) is 0 Å². The Labute approximate surface area is 283 Å². The molecule has 6 nitrogen and oxygen atoms in total. The van der Waals surface area contributed by atoms with Crippen molar-refractivity contribution in [1.82, 2.24) is 9.97 Å². The summed E-state index contributed by atoms with van der Waals surface area (Å²) in [6, 6.07) is 50.6. The van der Waals surface area contributed by atoms with Crippen LogP contribution < -0.4 is 16.5 Å². The molecular formula is C43H32N5O+. The van der Waals surface area contributed by atoms with E-state index in [2.05, 4.69) is 35.3 Å². The van der Waals surface area contributed by atoms with Crippen LogP contribution in [0.25, 0.3) is 78.6 Å². The SMILES string of the molecule is N/C(=C\C=C(/N)c1ccc(-c2cc(-c3nc(-c4ccccc4)nc(-c4ccccc4)[nH+]3)cc3c2oc2ccccc23)cc1)c1ccccc1. The van der Waals surface area contributed by atoms with E-state index in [-0.39, 0.29) is 0 Å². The first-order chi connectivity index (χ1) is 24.1. The Bertz CT molecular complexity index is 2430. The Morgan fingerprint density at radius 2 is 1.06 bits per heavy atom. The summed E-state index contributed by atoms with van der Waals surface area (Å²) in [5.74, 6) is 2.07. The quantitative estimate of drug-likeness (QED) is 0.170. The first-order valence-corrected chi connectivity index (χ1v) is 16.1. The van der Waals surface area contributed by atoms with E-state index in [1.54, 1.807) is 0 Å². The molecule has 6 heteroatoms. The van der Waals surface area contributed by atoms with Crippen molar-refractivity contribution in [3.05, 3.63) is 175 Å². The molecule has 0 unspecified atom stereocenters. The van der Waals surface area contributed by atoms with E-state index < -0.39 is 0 Å². The number of benzene rings is 6. The van der Waals surface area contributed by atoms with E-state index >= 15 is 0 Å². The number of furan rings is 1. The maximum Gasteiger partial charge on any atom is 0.308 e. The third-order valence-electron chi connectivity index (χ3n) is 8.58. The van der Waals surface area contributed by atoms with Crippen molar-refractivity contribution in [2.45, 2.75) is 0 Å². The largest absolute Gasteiger partial charge is 0.455 e. The molecule has 8 aromatic rings. The van der Waals surface area contributed by atoms with Crippen molar-refractivity contribution in [3.8, 4) is 45.3 Å². The van der Waals surface area contributed by atoms with E-state index in [0.717, 1.165) is 66.7 Å². The van der Waals surface area contributed by atoms with Crippen LogP contribution in [0.2, 0.25) is 0 Å². The van der Waals surface area contributed by atoms with E-state index in [1.165, 1.54) is 0 Å². The number of aromatic nitrogens is 3. The molecule has 2 heterocycles. The molecule has 0 aliphatic carbocycles. The highest BCUT2D eigenvalue weighted by Crippen LogP contribution is 2.39. The summed E-state index contributed by atoms with van der Waals surface area (Å²) in [5.41, 5.74) is 22.3. The maximum absolute atomic E-state index is 6.50. The predicted molar refractivity (Wildman–Crippen MR) is 198 cm³/mol. The van der Waals surface area contributed by atoms with Crippen LogP contribution in [0.4, 0.5) is 0 Å².